The first-order valence-corrected chi connectivity index (χ1v) is 17.3. The molecule has 4 aromatic carbocycles. The van der Waals surface area contributed by atoms with Gasteiger partial charge in [-0.3, -0.25) is 0 Å². The molecule has 0 unspecified atom stereocenters. The van der Waals surface area contributed by atoms with Gasteiger partial charge >= 0.3 is 0 Å². The molecule has 0 bridgehead atoms. The van der Waals surface area contributed by atoms with E-state index in [9.17, 15) is 0 Å². The molecular weight excluding hydrogens is 550 g/mol. The molecule has 240 valence electrons. The first-order valence-electron chi connectivity index (χ1n) is 17.3. The minimum atomic E-state index is 1.00. The van der Waals surface area contributed by atoms with E-state index in [0.717, 1.165) is 66.0 Å². The molecule has 0 spiro atoms. The Kier molecular flexibility index (Phi) is 14.0. The number of nitrogens with zero attached hydrogens (tertiary/aromatic N) is 2. The predicted octanol–water partition coefficient (Wildman–Crippen LogP) is 11.7. The zero-order chi connectivity index (χ0) is 31.7. The number of hydrogen-bond donors (Lipinski definition) is 3. The molecule has 0 aliphatic heterocycles. The van der Waals surface area contributed by atoms with Gasteiger partial charge in [0.2, 0.25) is 0 Å². The summed E-state index contributed by atoms with van der Waals surface area (Å²) in [5.41, 5.74) is 9.21. The summed E-state index contributed by atoms with van der Waals surface area (Å²) in [6.07, 6.45) is 9.61. The van der Waals surface area contributed by atoms with Crippen LogP contribution < -0.4 is 25.8 Å². The average Bonchev–Trinajstić information content (AvgIpc) is 3.08. The maximum atomic E-state index is 3.57. The molecule has 0 heterocycles. The molecule has 0 saturated heterocycles. The van der Waals surface area contributed by atoms with Crippen molar-refractivity contribution in [2.24, 2.45) is 0 Å². The molecule has 0 saturated carbocycles. The van der Waals surface area contributed by atoms with E-state index in [-0.39, 0.29) is 0 Å². The Labute approximate surface area is 273 Å². The summed E-state index contributed by atoms with van der Waals surface area (Å²) in [6.45, 7) is 13.2. The molecule has 3 N–H and O–H groups in total. The molecule has 0 amide bonds. The Morgan fingerprint density at radius 3 is 1.16 bits per heavy atom. The van der Waals surface area contributed by atoms with Crippen molar-refractivity contribution in [3.8, 4) is 0 Å². The predicted molar refractivity (Wildman–Crippen MR) is 200 cm³/mol. The fourth-order valence-corrected chi connectivity index (χ4v) is 5.41. The lowest BCUT2D eigenvalue weighted by Crippen LogP contribution is -2.25. The molecule has 4 aromatic rings. The first-order chi connectivity index (χ1) is 22.1. The summed E-state index contributed by atoms with van der Waals surface area (Å²) in [4.78, 5) is 4.90. The second kappa shape index (κ2) is 18.6. The van der Waals surface area contributed by atoms with Crippen LogP contribution in [0.15, 0.2) is 97.1 Å². The Morgan fingerprint density at radius 1 is 0.400 bits per heavy atom. The maximum Gasteiger partial charge on any atom is 0.0463 e. The number of anilines is 8. The highest BCUT2D eigenvalue weighted by Crippen LogP contribution is 2.37. The van der Waals surface area contributed by atoms with E-state index >= 15 is 0 Å². The molecule has 0 aliphatic rings. The van der Waals surface area contributed by atoms with E-state index in [0.29, 0.717) is 0 Å². The quantitative estimate of drug-likeness (QED) is 0.0875. The van der Waals surface area contributed by atoms with E-state index < -0.39 is 0 Å². The van der Waals surface area contributed by atoms with Gasteiger partial charge in [0.15, 0.2) is 0 Å². The fraction of sp³-hybridized carbons (Fsp3) is 0.400. The van der Waals surface area contributed by atoms with Crippen molar-refractivity contribution in [2.45, 2.75) is 79.1 Å². The van der Waals surface area contributed by atoms with Crippen molar-refractivity contribution >= 4 is 45.5 Å². The molecule has 0 aliphatic carbocycles. The summed E-state index contributed by atoms with van der Waals surface area (Å²) in [5, 5.41) is 10.6. The van der Waals surface area contributed by atoms with Crippen LogP contribution in [0.4, 0.5) is 45.5 Å². The lowest BCUT2D eigenvalue weighted by Gasteiger charge is -2.28. The van der Waals surface area contributed by atoms with Crippen LogP contribution in [0.2, 0.25) is 0 Å². The second-order valence-electron chi connectivity index (χ2n) is 11.9. The van der Waals surface area contributed by atoms with E-state index in [1.54, 1.807) is 0 Å². The summed E-state index contributed by atoms with van der Waals surface area (Å²) in [7, 11) is 0. The summed E-state index contributed by atoms with van der Waals surface area (Å²) in [5.74, 6) is 0. The van der Waals surface area contributed by atoms with Crippen LogP contribution in [0, 0.1) is 0 Å². The van der Waals surface area contributed by atoms with Gasteiger partial charge in [-0.1, -0.05) is 53.4 Å². The summed E-state index contributed by atoms with van der Waals surface area (Å²) < 4.78 is 0. The van der Waals surface area contributed by atoms with Gasteiger partial charge in [-0.25, -0.2) is 0 Å². The maximum absolute atomic E-state index is 3.57. The van der Waals surface area contributed by atoms with Crippen molar-refractivity contribution in [1.29, 1.82) is 0 Å². The normalized spacial score (nSPS) is 10.8. The van der Waals surface area contributed by atoms with Crippen LogP contribution in [0.3, 0.4) is 0 Å². The van der Waals surface area contributed by atoms with Crippen LogP contribution >= 0.6 is 0 Å². The smallest absolute Gasteiger partial charge is 0.0463 e. The number of rotatable bonds is 20. The molecule has 45 heavy (non-hydrogen) atoms. The molecule has 0 aromatic heterocycles. The third-order valence-corrected chi connectivity index (χ3v) is 8.18. The minimum absolute atomic E-state index is 1.00. The highest BCUT2D eigenvalue weighted by Gasteiger charge is 2.14. The zero-order valence-electron chi connectivity index (χ0n) is 28.1. The van der Waals surface area contributed by atoms with Gasteiger partial charge in [0.1, 0.15) is 0 Å². The van der Waals surface area contributed by atoms with Gasteiger partial charge in [-0.05, 0) is 123 Å². The average molecular weight is 606 g/mol. The first kappa shape index (κ1) is 33.8. The van der Waals surface area contributed by atoms with E-state index in [1.165, 1.54) is 57.1 Å². The summed E-state index contributed by atoms with van der Waals surface area (Å²) in [6, 6.07) is 35.3. The number of hydrogen-bond acceptors (Lipinski definition) is 5. The molecular formula is C40H55N5. The van der Waals surface area contributed by atoms with Crippen molar-refractivity contribution in [3.63, 3.8) is 0 Å². The van der Waals surface area contributed by atoms with Crippen molar-refractivity contribution in [2.75, 3.05) is 51.9 Å². The van der Waals surface area contributed by atoms with Crippen LogP contribution in [0.1, 0.15) is 79.1 Å². The lowest BCUT2D eigenvalue weighted by molar-refractivity contribution is 0.678. The Morgan fingerprint density at radius 2 is 0.733 bits per heavy atom. The number of unbranched alkanes of at least 4 members (excludes halogenated alkanes) is 4. The molecule has 5 heteroatoms. The van der Waals surface area contributed by atoms with Crippen molar-refractivity contribution in [3.05, 3.63) is 97.1 Å². The van der Waals surface area contributed by atoms with Crippen LogP contribution in [0.25, 0.3) is 0 Å². The number of benzene rings is 4. The van der Waals surface area contributed by atoms with Gasteiger partial charge in [0.25, 0.3) is 0 Å². The number of nitrogens with one attached hydrogen (secondary N) is 3. The minimum Gasteiger partial charge on any atom is -0.385 e. The molecule has 4 rings (SSSR count). The van der Waals surface area contributed by atoms with Crippen LogP contribution in [-0.2, 0) is 0 Å². The van der Waals surface area contributed by atoms with Crippen molar-refractivity contribution in [1.82, 2.24) is 0 Å². The standard InChI is InChI=1S/C40H55N5/c1-5-9-29-41-33-13-15-35(16-14-33)43-36-19-23-39(24-20-36)45(38-21-17-34(18-22-38)42-30-10-6-2)40-27-25-37(26-28-40)44(31-11-7-3)32-12-8-4/h13-28,41-43H,5-12,29-32H2,1-4H3. The Hall–Kier alpha value is -4.12. The Balaban J connectivity index is 1.56. The van der Waals surface area contributed by atoms with Gasteiger partial charge in [0.05, 0.1) is 0 Å². The monoisotopic (exact) mass is 605 g/mol. The van der Waals surface area contributed by atoms with Crippen molar-refractivity contribution < 1.29 is 0 Å². The summed E-state index contributed by atoms with van der Waals surface area (Å²) >= 11 is 0. The molecule has 0 atom stereocenters. The second-order valence-corrected chi connectivity index (χ2v) is 11.9. The SMILES string of the molecule is CCCCNc1ccc(Nc2ccc(N(c3ccc(NCCCC)cc3)c3ccc(N(CCCC)CCCC)cc3)cc2)cc1. The van der Waals surface area contributed by atoms with Crippen LogP contribution in [-0.4, -0.2) is 26.2 Å². The van der Waals surface area contributed by atoms with Gasteiger partial charge in [-0.2, -0.15) is 0 Å². The third kappa shape index (κ3) is 10.5. The van der Waals surface area contributed by atoms with Gasteiger partial charge < -0.3 is 25.8 Å². The zero-order valence-corrected chi connectivity index (χ0v) is 28.1. The molecule has 0 radical (unpaired) electrons. The molecule has 5 nitrogen and oxygen atoms in total. The highest BCUT2D eigenvalue weighted by molar-refractivity contribution is 5.79. The van der Waals surface area contributed by atoms with Crippen LogP contribution in [0.5, 0.6) is 0 Å². The largest absolute Gasteiger partial charge is 0.385 e. The lowest BCUT2D eigenvalue weighted by atomic mass is 10.1. The fourth-order valence-electron chi connectivity index (χ4n) is 5.41. The highest BCUT2D eigenvalue weighted by atomic mass is 15.1. The topological polar surface area (TPSA) is 42.6 Å². The van der Waals surface area contributed by atoms with Gasteiger partial charge in [-0.15, -0.1) is 0 Å². The van der Waals surface area contributed by atoms with Gasteiger partial charge in [0, 0.05) is 71.7 Å². The Bertz CT molecular complexity index is 1340. The molecule has 0 fully saturated rings. The third-order valence-electron chi connectivity index (χ3n) is 8.18. The van der Waals surface area contributed by atoms with E-state index in [1.807, 2.05) is 0 Å². The van der Waals surface area contributed by atoms with E-state index in [4.69, 9.17) is 0 Å². The van der Waals surface area contributed by atoms with E-state index in [2.05, 4.69) is 151 Å².